The first kappa shape index (κ1) is 6.05. The van der Waals surface area contributed by atoms with Gasteiger partial charge in [-0.2, -0.15) is 0 Å². The molecule has 1 aliphatic rings. The summed E-state index contributed by atoms with van der Waals surface area (Å²) in [6, 6.07) is 5.55. The van der Waals surface area contributed by atoms with Gasteiger partial charge in [0.2, 0.25) is 0 Å². The van der Waals surface area contributed by atoms with E-state index in [1.165, 1.54) is 0 Å². The van der Waals surface area contributed by atoms with Crippen molar-refractivity contribution in [3.63, 3.8) is 0 Å². The molecule has 2 rings (SSSR count). The summed E-state index contributed by atoms with van der Waals surface area (Å²) in [6.07, 6.45) is 0.860. The van der Waals surface area contributed by atoms with Crippen molar-refractivity contribution in [2.24, 2.45) is 0 Å². The van der Waals surface area contributed by atoms with Crippen LogP contribution in [0.5, 0.6) is 0 Å². The van der Waals surface area contributed by atoms with E-state index in [2.05, 4.69) is 5.32 Å². The summed E-state index contributed by atoms with van der Waals surface area (Å²) >= 11 is 5.94. The maximum absolute atomic E-state index is 7.58. The molecule has 1 aromatic rings. The second kappa shape index (κ2) is 3.69. The normalized spacial score (nSPS) is 26.5. The Hall–Kier alpha value is -0.530. The van der Waals surface area contributed by atoms with Crippen molar-refractivity contribution in [1.82, 2.24) is 5.32 Å². The zero-order chi connectivity index (χ0) is 11.8. The molecule has 1 nitrogen and oxygen atoms in total. The van der Waals surface area contributed by atoms with Crippen molar-refractivity contribution in [2.45, 2.75) is 19.2 Å². The van der Waals surface area contributed by atoms with Crippen LogP contribution in [0.2, 0.25) is 5.02 Å². The third kappa shape index (κ3) is 1.87. The minimum absolute atomic E-state index is 0.455. The van der Waals surface area contributed by atoms with Crippen LogP contribution in [0.25, 0.3) is 0 Å². The highest BCUT2D eigenvalue weighted by Crippen LogP contribution is 2.25. The molecule has 1 heterocycles. The number of benzene rings is 1. The van der Waals surface area contributed by atoms with Crippen molar-refractivity contribution in [2.75, 3.05) is 13.1 Å². The molecule has 1 aromatic carbocycles. The Morgan fingerprint density at radius 1 is 1.62 bits per heavy atom. The van der Waals surface area contributed by atoms with E-state index in [-0.39, 0.29) is 0 Å². The van der Waals surface area contributed by atoms with Crippen molar-refractivity contribution >= 4 is 11.6 Å². The highest BCUT2D eigenvalue weighted by molar-refractivity contribution is 6.30. The lowest BCUT2D eigenvalue weighted by atomic mass is 9.96. The molecule has 0 unspecified atom stereocenters. The number of hydrogen-bond donors (Lipinski definition) is 1. The largest absolute Gasteiger partial charge is 0.316 e. The number of nitrogens with one attached hydrogen (secondary N) is 1. The SMILES string of the molecule is [2H]C([2H])([2H])[C@H]1CNCCc2ccc(Cl)cc21. The van der Waals surface area contributed by atoms with E-state index in [0.29, 0.717) is 11.6 Å². The van der Waals surface area contributed by atoms with Crippen LogP contribution in [0, 0.1) is 0 Å². The monoisotopic (exact) mass is 198 g/mol. The predicted octanol–water partition coefficient (Wildman–Crippen LogP) is 2.59. The first-order valence-corrected chi connectivity index (χ1v) is 4.85. The maximum Gasteiger partial charge on any atom is 0.0409 e. The summed E-state index contributed by atoms with van der Waals surface area (Å²) in [5.74, 6) is -0.455. The van der Waals surface area contributed by atoms with E-state index in [9.17, 15) is 0 Å². The Kier molecular flexibility index (Phi) is 1.71. The van der Waals surface area contributed by atoms with Crippen LogP contribution in [0.3, 0.4) is 0 Å². The van der Waals surface area contributed by atoms with Gasteiger partial charge in [-0.3, -0.25) is 0 Å². The molecule has 0 radical (unpaired) electrons. The molecule has 0 amide bonds. The number of fused-ring (bicyclic) bond motifs is 1. The zero-order valence-corrected chi connectivity index (χ0v) is 8.06. The quantitative estimate of drug-likeness (QED) is 0.676. The number of hydrogen-bond acceptors (Lipinski definition) is 1. The van der Waals surface area contributed by atoms with Gasteiger partial charge < -0.3 is 5.32 Å². The van der Waals surface area contributed by atoms with E-state index in [1.54, 1.807) is 6.07 Å². The second-order valence-corrected chi connectivity index (χ2v) is 3.79. The van der Waals surface area contributed by atoms with Gasteiger partial charge in [-0.1, -0.05) is 24.5 Å². The van der Waals surface area contributed by atoms with Crippen LogP contribution >= 0.6 is 11.6 Å². The van der Waals surface area contributed by atoms with Gasteiger partial charge in [0.05, 0.1) is 0 Å². The van der Waals surface area contributed by atoms with E-state index in [4.69, 9.17) is 15.7 Å². The zero-order valence-electron chi connectivity index (χ0n) is 10.3. The first-order chi connectivity index (χ1) is 7.48. The van der Waals surface area contributed by atoms with Gasteiger partial charge in [0.15, 0.2) is 0 Å². The van der Waals surface area contributed by atoms with Gasteiger partial charge in [-0.15, -0.1) is 0 Å². The maximum atomic E-state index is 7.58. The predicted molar refractivity (Wildman–Crippen MR) is 56.4 cm³/mol. The average molecular weight is 199 g/mol. The molecule has 0 aromatic heterocycles. The highest BCUT2D eigenvalue weighted by Gasteiger charge is 2.13. The summed E-state index contributed by atoms with van der Waals surface area (Å²) < 4.78 is 22.7. The Labute approximate surface area is 88.3 Å². The van der Waals surface area contributed by atoms with Crippen molar-refractivity contribution in [3.05, 3.63) is 34.3 Å². The lowest BCUT2D eigenvalue weighted by Gasteiger charge is -2.11. The molecule has 13 heavy (non-hydrogen) atoms. The first-order valence-electron chi connectivity index (χ1n) is 5.97. The number of halogens is 1. The second-order valence-electron chi connectivity index (χ2n) is 3.35. The van der Waals surface area contributed by atoms with Gasteiger partial charge >= 0.3 is 0 Å². The molecule has 0 saturated carbocycles. The van der Waals surface area contributed by atoms with Crippen molar-refractivity contribution < 1.29 is 4.11 Å². The molecule has 0 fully saturated rings. The summed E-state index contributed by atoms with van der Waals surface area (Å²) in [6.45, 7) is -0.665. The topological polar surface area (TPSA) is 12.0 Å². The van der Waals surface area contributed by atoms with Crippen LogP contribution < -0.4 is 5.32 Å². The summed E-state index contributed by atoms with van der Waals surface area (Å²) in [5, 5.41) is 3.77. The molecule has 0 spiro atoms. The fraction of sp³-hybridized carbons (Fsp3) is 0.455. The Morgan fingerprint density at radius 2 is 2.54 bits per heavy atom. The number of rotatable bonds is 0. The third-order valence-corrected chi connectivity index (χ3v) is 2.64. The van der Waals surface area contributed by atoms with Gasteiger partial charge in [0.1, 0.15) is 0 Å². The molecule has 1 aliphatic heterocycles. The van der Waals surface area contributed by atoms with Crippen molar-refractivity contribution in [3.8, 4) is 0 Å². The third-order valence-electron chi connectivity index (χ3n) is 2.40. The van der Waals surface area contributed by atoms with Crippen LogP contribution in [-0.4, -0.2) is 13.1 Å². The minimum atomic E-state index is -1.98. The fourth-order valence-corrected chi connectivity index (χ4v) is 1.88. The molecular formula is C11H14ClN. The standard InChI is InChI=1S/C11H14ClN/c1-8-7-13-5-4-9-2-3-10(12)6-11(8)9/h2-3,6,8,13H,4-5,7H2,1H3/t8-/m0/s1/i1D3. The fourth-order valence-electron chi connectivity index (χ4n) is 1.70. The summed E-state index contributed by atoms with van der Waals surface area (Å²) in [7, 11) is 0. The van der Waals surface area contributed by atoms with Crippen LogP contribution in [0.1, 0.15) is 28.0 Å². The van der Waals surface area contributed by atoms with Crippen LogP contribution in [0.15, 0.2) is 18.2 Å². The van der Waals surface area contributed by atoms with E-state index in [0.717, 1.165) is 24.1 Å². The Morgan fingerprint density at radius 3 is 3.38 bits per heavy atom. The molecule has 1 atom stereocenters. The van der Waals surface area contributed by atoms with E-state index in [1.807, 2.05) is 12.1 Å². The Bertz CT molecular complexity index is 389. The smallest absolute Gasteiger partial charge is 0.0409 e. The van der Waals surface area contributed by atoms with Gasteiger partial charge in [-0.05, 0) is 42.1 Å². The van der Waals surface area contributed by atoms with Gasteiger partial charge in [0.25, 0.3) is 0 Å². The molecule has 0 saturated heterocycles. The molecule has 0 aliphatic carbocycles. The summed E-state index contributed by atoms with van der Waals surface area (Å²) in [5.41, 5.74) is 1.97. The molecular weight excluding hydrogens is 182 g/mol. The van der Waals surface area contributed by atoms with Crippen LogP contribution in [-0.2, 0) is 6.42 Å². The molecule has 2 heteroatoms. The molecule has 0 bridgehead atoms. The van der Waals surface area contributed by atoms with Gasteiger partial charge in [-0.25, -0.2) is 0 Å². The minimum Gasteiger partial charge on any atom is -0.316 e. The van der Waals surface area contributed by atoms with E-state index < -0.39 is 12.8 Å². The molecule has 70 valence electrons. The van der Waals surface area contributed by atoms with Crippen molar-refractivity contribution in [1.29, 1.82) is 0 Å². The highest BCUT2D eigenvalue weighted by atomic mass is 35.5. The lowest BCUT2D eigenvalue weighted by molar-refractivity contribution is 0.644. The lowest BCUT2D eigenvalue weighted by Crippen LogP contribution is -2.18. The van der Waals surface area contributed by atoms with Crippen LogP contribution in [0.4, 0.5) is 0 Å². The summed E-state index contributed by atoms with van der Waals surface area (Å²) in [4.78, 5) is 0. The van der Waals surface area contributed by atoms with E-state index >= 15 is 0 Å². The molecule has 1 N–H and O–H groups in total. The average Bonchev–Trinajstić information content (AvgIpc) is 2.38. The Balaban J connectivity index is 2.47. The van der Waals surface area contributed by atoms with Gasteiger partial charge in [0, 0.05) is 15.7 Å².